The van der Waals surface area contributed by atoms with E-state index >= 15 is 0 Å². The molecule has 2 aromatic rings. The van der Waals surface area contributed by atoms with E-state index in [0.717, 1.165) is 5.56 Å². The van der Waals surface area contributed by atoms with E-state index in [1.165, 1.54) is 12.1 Å². The summed E-state index contributed by atoms with van der Waals surface area (Å²) >= 11 is 0. The normalized spacial score (nSPS) is 18.1. The smallest absolute Gasteiger partial charge is 0.241 e. The van der Waals surface area contributed by atoms with Crippen LogP contribution in [0, 0.1) is 0 Å². The van der Waals surface area contributed by atoms with Gasteiger partial charge >= 0.3 is 0 Å². The first-order chi connectivity index (χ1) is 13.8. The molecule has 1 aliphatic rings. The van der Waals surface area contributed by atoms with E-state index in [4.69, 9.17) is 0 Å². The maximum Gasteiger partial charge on any atom is 0.241 e. The van der Waals surface area contributed by atoms with E-state index in [-0.39, 0.29) is 47.7 Å². The van der Waals surface area contributed by atoms with Crippen LogP contribution in [0.4, 0.5) is 0 Å². The summed E-state index contributed by atoms with van der Waals surface area (Å²) < 4.78 is 48.3. The number of nitrogens with one attached hydrogen (secondary N) is 1. The van der Waals surface area contributed by atoms with Crippen molar-refractivity contribution in [3.8, 4) is 0 Å². The number of amides is 1. The largest absolute Gasteiger partial charge is 0.353 e. The van der Waals surface area contributed by atoms with Crippen LogP contribution in [0.5, 0.6) is 0 Å². The Morgan fingerprint density at radius 2 is 1.52 bits per heavy atom. The fourth-order valence-corrected chi connectivity index (χ4v) is 5.71. The lowest BCUT2D eigenvalue weighted by Gasteiger charge is -2.33. The number of carbonyl (C=O) groups is 1. The first-order valence-corrected chi connectivity index (χ1v) is 12.8. The summed E-state index contributed by atoms with van der Waals surface area (Å²) in [4.78, 5) is 15.0. The van der Waals surface area contributed by atoms with Crippen molar-refractivity contribution < 1.29 is 21.6 Å². The Kier molecular flexibility index (Phi) is 6.71. The SMILES string of the molecule is O=C(NCCS(=O)(=O)c1ccccc1)C(c1ccccc1)N1CCS(=O)(=O)CC1. The van der Waals surface area contributed by atoms with Gasteiger partial charge < -0.3 is 5.32 Å². The Morgan fingerprint density at radius 1 is 0.966 bits per heavy atom. The Morgan fingerprint density at radius 3 is 2.10 bits per heavy atom. The second kappa shape index (κ2) is 9.06. The molecule has 1 amide bonds. The van der Waals surface area contributed by atoms with E-state index in [9.17, 15) is 21.6 Å². The van der Waals surface area contributed by atoms with Crippen molar-refractivity contribution >= 4 is 25.6 Å². The van der Waals surface area contributed by atoms with Crippen molar-refractivity contribution in [2.75, 3.05) is 36.9 Å². The van der Waals surface area contributed by atoms with Crippen LogP contribution in [0.1, 0.15) is 11.6 Å². The highest BCUT2D eigenvalue weighted by molar-refractivity contribution is 7.91. The van der Waals surface area contributed by atoms with Crippen LogP contribution in [-0.4, -0.2) is 64.5 Å². The zero-order chi connectivity index (χ0) is 20.9. The van der Waals surface area contributed by atoms with Gasteiger partial charge in [0.25, 0.3) is 0 Å². The van der Waals surface area contributed by atoms with Crippen LogP contribution < -0.4 is 5.32 Å². The van der Waals surface area contributed by atoms with Crippen LogP contribution in [0.3, 0.4) is 0 Å². The van der Waals surface area contributed by atoms with E-state index in [2.05, 4.69) is 5.32 Å². The van der Waals surface area contributed by atoms with Gasteiger partial charge in [0.1, 0.15) is 6.04 Å². The predicted octanol–water partition coefficient (Wildman–Crippen LogP) is 1.05. The topological polar surface area (TPSA) is 101 Å². The van der Waals surface area contributed by atoms with E-state index in [0.29, 0.717) is 0 Å². The van der Waals surface area contributed by atoms with Crippen molar-refractivity contribution in [2.24, 2.45) is 0 Å². The first-order valence-electron chi connectivity index (χ1n) is 9.33. The summed E-state index contributed by atoms with van der Waals surface area (Å²) in [7, 11) is -6.57. The van der Waals surface area contributed by atoms with Gasteiger partial charge in [-0.15, -0.1) is 0 Å². The highest BCUT2D eigenvalue weighted by Crippen LogP contribution is 2.23. The van der Waals surface area contributed by atoms with Crippen molar-refractivity contribution in [1.82, 2.24) is 10.2 Å². The third-order valence-electron chi connectivity index (χ3n) is 4.88. The molecule has 1 aliphatic heterocycles. The second-order valence-corrected chi connectivity index (χ2v) is 11.3. The molecule has 1 saturated heterocycles. The summed E-state index contributed by atoms with van der Waals surface area (Å²) in [5.74, 6) is -0.532. The molecule has 0 bridgehead atoms. The molecule has 3 rings (SSSR count). The zero-order valence-electron chi connectivity index (χ0n) is 15.9. The van der Waals surface area contributed by atoms with Crippen molar-refractivity contribution in [2.45, 2.75) is 10.9 Å². The maximum absolute atomic E-state index is 12.9. The lowest BCUT2D eigenvalue weighted by atomic mass is 10.0. The Balaban J connectivity index is 1.69. The van der Waals surface area contributed by atoms with Crippen LogP contribution in [0.15, 0.2) is 65.6 Å². The highest BCUT2D eigenvalue weighted by atomic mass is 32.2. The Hall–Kier alpha value is -2.23. The summed E-state index contributed by atoms with van der Waals surface area (Å²) in [6.07, 6.45) is 0. The maximum atomic E-state index is 12.9. The molecule has 1 N–H and O–H groups in total. The molecule has 1 unspecified atom stereocenters. The standard InChI is InChI=1S/C20H24N2O5S2/c23-20(21-11-14-29(26,27)18-9-5-2-6-10-18)19(17-7-3-1-4-8-17)22-12-15-28(24,25)16-13-22/h1-10,19H,11-16H2,(H,21,23). The fraction of sp³-hybridized carbons (Fsp3) is 0.350. The third-order valence-corrected chi connectivity index (χ3v) is 8.22. The molecule has 156 valence electrons. The number of carbonyl (C=O) groups excluding carboxylic acids is 1. The van der Waals surface area contributed by atoms with Gasteiger partial charge in [-0.2, -0.15) is 0 Å². The molecule has 0 aliphatic carbocycles. The predicted molar refractivity (Wildman–Crippen MR) is 111 cm³/mol. The molecular formula is C20H24N2O5S2. The van der Waals surface area contributed by atoms with Crippen molar-refractivity contribution in [3.63, 3.8) is 0 Å². The average molecular weight is 437 g/mol. The number of benzene rings is 2. The summed E-state index contributed by atoms with van der Waals surface area (Å²) in [5, 5.41) is 2.72. The molecule has 0 radical (unpaired) electrons. The monoisotopic (exact) mass is 436 g/mol. The molecule has 1 heterocycles. The number of nitrogens with zero attached hydrogens (tertiary/aromatic N) is 1. The van der Waals surface area contributed by atoms with E-state index in [1.807, 2.05) is 35.2 Å². The molecule has 0 saturated carbocycles. The van der Waals surface area contributed by atoms with Crippen LogP contribution >= 0.6 is 0 Å². The number of hydrogen-bond acceptors (Lipinski definition) is 6. The molecular weight excluding hydrogens is 412 g/mol. The zero-order valence-corrected chi connectivity index (χ0v) is 17.5. The minimum Gasteiger partial charge on any atom is -0.353 e. The molecule has 0 spiro atoms. The third kappa shape index (κ3) is 5.65. The highest BCUT2D eigenvalue weighted by Gasteiger charge is 2.32. The lowest BCUT2D eigenvalue weighted by Crippen LogP contribution is -2.48. The number of hydrogen-bond donors (Lipinski definition) is 1. The molecule has 7 nitrogen and oxygen atoms in total. The minimum atomic E-state index is -3.49. The number of sulfone groups is 2. The first kappa shape index (κ1) is 21.5. The molecule has 2 aromatic carbocycles. The molecule has 9 heteroatoms. The molecule has 1 atom stereocenters. The fourth-order valence-electron chi connectivity index (χ4n) is 3.30. The van der Waals surface area contributed by atoms with Gasteiger partial charge in [-0.3, -0.25) is 9.69 Å². The minimum absolute atomic E-state index is 0.00595. The Labute approximate surface area is 171 Å². The Bertz CT molecular complexity index is 1020. The number of rotatable bonds is 7. The van der Waals surface area contributed by atoms with Crippen LogP contribution in [0.25, 0.3) is 0 Å². The molecule has 29 heavy (non-hydrogen) atoms. The van der Waals surface area contributed by atoms with E-state index < -0.39 is 25.7 Å². The lowest BCUT2D eigenvalue weighted by molar-refractivity contribution is -0.126. The average Bonchev–Trinajstić information content (AvgIpc) is 2.71. The van der Waals surface area contributed by atoms with Crippen LogP contribution in [0.2, 0.25) is 0 Å². The second-order valence-electron chi connectivity index (χ2n) is 6.92. The summed E-state index contributed by atoms with van der Waals surface area (Å²) in [6, 6.07) is 16.5. The van der Waals surface area contributed by atoms with Gasteiger partial charge in [-0.05, 0) is 17.7 Å². The van der Waals surface area contributed by atoms with Gasteiger partial charge in [0.2, 0.25) is 5.91 Å². The van der Waals surface area contributed by atoms with Gasteiger partial charge in [0.05, 0.1) is 22.2 Å². The summed E-state index contributed by atoms with van der Waals surface area (Å²) in [5.41, 5.74) is 0.746. The molecule has 1 fully saturated rings. The summed E-state index contributed by atoms with van der Waals surface area (Å²) in [6.45, 7) is 0.501. The van der Waals surface area contributed by atoms with Crippen LogP contribution in [-0.2, 0) is 24.5 Å². The van der Waals surface area contributed by atoms with Crippen molar-refractivity contribution in [3.05, 3.63) is 66.2 Å². The van der Waals surface area contributed by atoms with Gasteiger partial charge in [-0.1, -0.05) is 48.5 Å². The van der Waals surface area contributed by atoms with Gasteiger partial charge in [-0.25, -0.2) is 16.8 Å². The quantitative estimate of drug-likeness (QED) is 0.696. The molecule has 0 aromatic heterocycles. The van der Waals surface area contributed by atoms with Gasteiger partial charge in [0.15, 0.2) is 19.7 Å². The van der Waals surface area contributed by atoms with Crippen molar-refractivity contribution in [1.29, 1.82) is 0 Å². The van der Waals surface area contributed by atoms with Gasteiger partial charge in [0, 0.05) is 19.6 Å². The van der Waals surface area contributed by atoms with E-state index in [1.54, 1.807) is 18.2 Å².